The first-order chi connectivity index (χ1) is 8.97. The highest BCUT2D eigenvalue weighted by Gasteiger charge is 2.34. The van der Waals surface area contributed by atoms with Crippen molar-refractivity contribution in [1.29, 1.82) is 0 Å². The second kappa shape index (κ2) is 7.28. The lowest BCUT2D eigenvalue weighted by Gasteiger charge is -2.36. The van der Waals surface area contributed by atoms with Gasteiger partial charge in [0.05, 0.1) is 12.5 Å². The Balaban J connectivity index is 2.46. The Bertz CT molecular complexity index is 342. The summed E-state index contributed by atoms with van der Waals surface area (Å²) in [6.07, 6.45) is 2.50. The van der Waals surface area contributed by atoms with Crippen molar-refractivity contribution in [3.8, 4) is 0 Å². The molecule has 3 atom stereocenters. The first kappa shape index (κ1) is 15.7. The molecule has 0 bridgehead atoms. The number of likely N-dealkylation sites (tertiary alicyclic amines) is 1. The summed E-state index contributed by atoms with van der Waals surface area (Å²) < 4.78 is 5.43. The highest BCUT2D eigenvalue weighted by Crippen LogP contribution is 2.24. The van der Waals surface area contributed by atoms with Gasteiger partial charge in [-0.1, -0.05) is 13.0 Å². The molecule has 1 heterocycles. The molecule has 0 aliphatic carbocycles. The number of aliphatic carboxylic acids is 1. The van der Waals surface area contributed by atoms with Crippen LogP contribution in [-0.4, -0.2) is 47.7 Å². The standard InChI is InChI=1S/C14H23NO4/c1-4-5-8-19-11(3)13(16)15-7-6-12(14(17)18)10(2)9-15/h4,10-12H,1,5-9H2,2-3H3,(H,17,18). The molecule has 5 nitrogen and oxygen atoms in total. The highest BCUT2D eigenvalue weighted by molar-refractivity contribution is 5.81. The zero-order valence-electron chi connectivity index (χ0n) is 11.7. The van der Waals surface area contributed by atoms with Crippen LogP contribution in [0.1, 0.15) is 26.7 Å². The normalized spacial score (nSPS) is 24.8. The molecule has 0 spiro atoms. The first-order valence-corrected chi connectivity index (χ1v) is 6.71. The maximum atomic E-state index is 12.1. The summed E-state index contributed by atoms with van der Waals surface area (Å²) >= 11 is 0. The number of rotatable bonds is 6. The van der Waals surface area contributed by atoms with Crippen LogP contribution in [0.15, 0.2) is 12.7 Å². The maximum absolute atomic E-state index is 12.1. The van der Waals surface area contributed by atoms with E-state index in [0.717, 1.165) is 6.42 Å². The molecule has 1 aliphatic heterocycles. The molecule has 1 N–H and O–H groups in total. The van der Waals surface area contributed by atoms with Crippen molar-refractivity contribution in [3.63, 3.8) is 0 Å². The predicted molar refractivity (Wildman–Crippen MR) is 71.7 cm³/mol. The van der Waals surface area contributed by atoms with Crippen molar-refractivity contribution >= 4 is 11.9 Å². The minimum Gasteiger partial charge on any atom is -0.481 e. The van der Waals surface area contributed by atoms with Crippen LogP contribution in [0.4, 0.5) is 0 Å². The fraction of sp³-hybridized carbons (Fsp3) is 0.714. The first-order valence-electron chi connectivity index (χ1n) is 6.71. The SMILES string of the molecule is C=CCCOC(C)C(=O)N1CCC(C(=O)O)C(C)C1. The van der Waals surface area contributed by atoms with Gasteiger partial charge in [0.15, 0.2) is 0 Å². The summed E-state index contributed by atoms with van der Waals surface area (Å²) in [5.41, 5.74) is 0. The van der Waals surface area contributed by atoms with E-state index in [2.05, 4.69) is 6.58 Å². The molecule has 3 unspecified atom stereocenters. The number of carboxylic acid groups (broad SMARTS) is 1. The molecule has 108 valence electrons. The van der Waals surface area contributed by atoms with E-state index >= 15 is 0 Å². The molecule has 19 heavy (non-hydrogen) atoms. The average Bonchev–Trinajstić information content (AvgIpc) is 2.37. The number of piperidine rings is 1. The molecule has 1 saturated heterocycles. The van der Waals surface area contributed by atoms with Gasteiger partial charge in [-0.25, -0.2) is 0 Å². The van der Waals surface area contributed by atoms with Crippen molar-refractivity contribution in [2.75, 3.05) is 19.7 Å². The van der Waals surface area contributed by atoms with Crippen molar-refractivity contribution in [3.05, 3.63) is 12.7 Å². The average molecular weight is 269 g/mol. The van der Waals surface area contributed by atoms with Crippen molar-refractivity contribution in [2.45, 2.75) is 32.8 Å². The summed E-state index contributed by atoms with van der Waals surface area (Å²) in [6, 6.07) is 0. The number of carboxylic acids is 1. The van der Waals surface area contributed by atoms with Gasteiger partial charge in [-0.05, 0) is 25.7 Å². The Morgan fingerprint density at radius 3 is 2.79 bits per heavy atom. The third-order valence-electron chi connectivity index (χ3n) is 3.57. The largest absolute Gasteiger partial charge is 0.481 e. The summed E-state index contributed by atoms with van der Waals surface area (Å²) in [7, 11) is 0. The van der Waals surface area contributed by atoms with Crippen LogP contribution in [0, 0.1) is 11.8 Å². The van der Waals surface area contributed by atoms with Gasteiger partial charge in [-0.2, -0.15) is 0 Å². The van der Waals surface area contributed by atoms with Gasteiger partial charge in [0.25, 0.3) is 5.91 Å². The number of ether oxygens (including phenoxy) is 1. The molecular weight excluding hydrogens is 246 g/mol. The Morgan fingerprint density at radius 2 is 2.26 bits per heavy atom. The van der Waals surface area contributed by atoms with Crippen LogP contribution in [0.3, 0.4) is 0 Å². The summed E-state index contributed by atoms with van der Waals surface area (Å²) in [6.45, 7) is 8.68. The lowest BCUT2D eigenvalue weighted by atomic mass is 9.87. The summed E-state index contributed by atoms with van der Waals surface area (Å²) in [5.74, 6) is -1.19. The fourth-order valence-electron chi connectivity index (χ4n) is 2.37. The van der Waals surface area contributed by atoms with E-state index < -0.39 is 12.1 Å². The van der Waals surface area contributed by atoms with E-state index in [9.17, 15) is 9.59 Å². The van der Waals surface area contributed by atoms with Gasteiger partial charge in [0.1, 0.15) is 6.10 Å². The van der Waals surface area contributed by atoms with Crippen LogP contribution in [0.2, 0.25) is 0 Å². The van der Waals surface area contributed by atoms with E-state index in [1.807, 2.05) is 6.92 Å². The molecule has 1 fully saturated rings. The Kier molecular flexibility index (Phi) is 6.02. The summed E-state index contributed by atoms with van der Waals surface area (Å²) in [5, 5.41) is 9.05. The summed E-state index contributed by atoms with van der Waals surface area (Å²) in [4.78, 5) is 24.9. The van der Waals surface area contributed by atoms with E-state index in [1.54, 1.807) is 17.9 Å². The zero-order valence-corrected chi connectivity index (χ0v) is 11.7. The Hall–Kier alpha value is -1.36. The van der Waals surface area contributed by atoms with E-state index in [-0.39, 0.29) is 17.7 Å². The second-order valence-corrected chi connectivity index (χ2v) is 5.09. The Morgan fingerprint density at radius 1 is 1.58 bits per heavy atom. The van der Waals surface area contributed by atoms with Crippen LogP contribution < -0.4 is 0 Å². The van der Waals surface area contributed by atoms with Gasteiger partial charge in [-0.15, -0.1) is 6.58 Å². The fourth-order valence-corrected chi connectivity index (χ4v) is 2.37. The Labute approximate surface area is 114 Å². The molecular formula is C14H23NO4. The van der Waals surface area contributed by atoms with Crippen LogP contribution >= 0.6 is 0 Å². The van der Waals surface area contributed by atoms with Crippen LogP contribution in [0.5, 0.6) is 0 Å². The number of carbonyl (C=O) groups excluding carboxylic acids is 1. The third kappa shape index (κ3) is 4.35. The van der Waals surface area contributed by atoms with Crippen molar-refractivity contribution in [2.24, 2.45) is 11.8 Å². The second-order valence-electron chi connectivity index (χ2n) is 5.09. The number of amides is 1. The minimum absolute atomic E-state index is 0.0180. The monoisotopic (exact) mass is 269 g/mol. The minimum atomic E-state index is -0.769. The van der Waals surface area contributed by atoms with E-state index in [1.165, 1.54) is 0 Å². The topological polar surface area (TPSA) is 66.8 Å². The van der Waals surface area contributed by atoms with Crippen LogP contribution in [0.25, 0.3) is 0 Å². The lowest BCUT2D eigenvalue weighted by molar-refractivity contribution is -0.152. The highest BCUT2D eigenvalue weighted by atomic mass is 16.5. The molecule has 5 heteroatoms. The van der Waals surface area contributed by atoms with Gasteiger partial charge in [0.2, 0.25) is 0 Å². The molecule has 1 aliphatic rings. The molecule has 0 saturated carbocycles. The molecule has 1 rings (SSSR count). The molecule has 0 aromatic carbocycles. The number of hydrogen-bond acceptors (Lipinski definition) is 3. The predicted octanol–water partition coefficient (Wildman–Crippen LogP) is 1.54. The van der Waals surface area contributed by atoms with Gasteiger partial charge in [0, 0.05) is 13.1 Å². The van der Waals surface area contributed by atoms with Gasteiger partial charge in [-0.3, -0.25) is 9.59 Å². The smallest absolute Gasteiger partial charge is 0.306 e. The van der Waals surface area contributed by atoms with E-state index in [4.69, 9.17) is 9.84 Å². The van der Waals surface area contributed by atoms with Gasteiger partial charge < -0.3 is 14.7 Å². The lowest BCUT2D eigenvalue weighted by Crippen LogP contribution is -2.48. The van der Waals surface area contributed by atoms with Gasteiger partial charge >= 0.3 is 5.97 Å². The molecule has 1 amide bonds. The maximum Gasteiger partial charge on any atom is 0.306 e. The van der Waals surface area contributed by atoms with E-state index in [0.29, 0.717) is 26.1 Å². The number of carbonyl (C=O) groups is 2. The van der Waals surface area contributed by atoms with Crippen LogP contribution in [-0.2, 0) is 14.3 Å². The number of nitrogens with zero attached hydrogens (tertiary/aromatic N) is 1. The quantitative estimate of drug-likeness (QED) is 0.586. The number of hydrogen-bond donors (Lipinski definition) is 1. The zero-order chi connectivity index (χ0) is 14.4. The van der Waals surface area contributed by atoms with Crippen molar-refractivity contribution < 1.29 is 19.4 Å². The molecule has 0 aromatic heterocycles. The van der Waals surface area contributed by atoms with Crippen molar-refractivity contribution in [1.82, 2.24) is 4.90 Å². The molecule has 0 aromatic rings. The molecule has 0 radical (unpaired) electrons. The third-order valence-corrected chi connectivity index (χ3v) is 3.57.